The van der Waals surface area contributed by atoms with E-state index in [1.807, 2.05) is 0 Å². The topological polar surface area (TPSA) is 104 Å². The molecule has 1 unspecified atom stereocenters. The predicted molar refractivity (Wildman–Crippen MR) is 101 cm³/mol. The molecule has 3 aromatic rings. The number of aliphatic hydroxyl groups excluding tert-OH is 1. The Hall–Kier alpha value is -3.53. The Morgan fingerprint density at radius 3 is 2.33 bits per heavy atom. The van der Waals surface area contributed by atoms with Gasteiger partial charge in [0.05, 0.1) is 29.4 Å². The summed E-state index contributed by atoms with van der Waals surface area (Å²) in [5.41, 5.74) is 0.705. The van der Waals surface area contributed by atoms with Crippen LogP contribution in [0.4, 0.5) is 13.2 Å². The summed E-state index contributed by atoms with van der Waals surface area (Å²) >= 11 is 0. The SMILES string of the molecule is O=C(NC(CO)C(=O)NCc1ccc(C(F)(F)F)cc1)c1cnc2ccccc2n1. The van der Waals surface area contributed by atoms with Gasteiger partial charge in [0.2, 0.25) is 5.91 Å². The maximum absolute atomic E-state index is 12.6. The van der Waals surface area contributed by atoms with Gasteiger partial charge < -0.3 is 15.7 Å². The van der Waals surface area contributed by atoms with Crippen molar-refractivity contribution in [3.05, 3.63) is 71.5 Å². The molecule has 0 radical (unpaired) electrons. The second kappa shape index (κ2) is 8.87. The van der Waals surface area contributed by atoms with Crippen LogP contribution in [-0.4, -0.2) is 39.5 Å². The van der Waals surface area contributed by atoms with E-state index in [1.165, 1.54) is 18.3 Å². The Labute approximate surface area is 169 Å². The van der Waals surface area contributed by atoms with E-state index in [1.54, 1.807) is 24.3 Å². The first-order valence-electron chi connectivity index (χ1n) is 8.85. The molecule has 0 saturated heterocycles. The Morgan fingerprint density at radius 2 is 1.70 bits per heavy atom. The molecule has 30 heavy (non-hydrogen) atoms. The molecule has 0 spiro atoms. The summed E-state index contributed by atoms with van der Waals surface area (Å²) in [6.07, 6.45) is -3.19. The van der Waals surface area contributed by atoms with E-state index in [9.17, 15) is 27.9 Å². The van der Waals surface area contributed by atoms with Gasteiger partial charge in [-0.15, -0.1) is 0 Å². The lowest BCUT2D eigenvalue weighted by Crippen LogP contribution is -2.48. The van der Waals surface area contributed by atoms with Gasteiger partial charge in [0.1, 0.15) is 11.7 Å². The van der Waals surface area contributed by atoms with Crippen LogP contribution >= 0.6 is 0 Å². The Morgan fingerprint density at radius 1 is 1.03 bits per heavy atom. The minimum Gasteiger partial charge on any atom is -0.394 e. The molecule has 7 nitrogen and oxygen atoms in total. The summed E-state index contributed by atoms with van der Waals surface area (Å²) < 4.78 is 37.8. The number of carbonyl (C=O) groups is 2. The molecule has 1 heterocycles. The highest BCUT2D eigenvalue weighted by Crippen LogP contribution is 2.29. The first-order chi connectivity index (χ1) is 14.3. The van der Waals surface area contributed by atoms with Crippen molar-refractivity contribution in [2.24, 2.45) is 0 Å². The van der Waals surface area contributed by atoms with Crippen molar-refractivity contribution in [2.75, 3.05) is 6.61 Å². The number of carbonyl (C=O) groups excluding carboxylic acids is 2. The maximum atomic E-state index is 12.6. The van der Waals surface area contributed by atoms with E-state index < -0.39 is 36.2 Å². The zero-order valence-electron chi connectivity index (χ0n) is 15.5. The van der Waals surface area contributed by atoms with Crippen molar-refractivity contribution in [3.63, 3.8) is 0 Å². The molecule has 2 amide bonds. The van der Waals surface area contributed by atoms with Crippen molar-refractivity contribution in [2.45, 2.75) is 18.8 Å². The fourth-order valence-electron chi connectivity index (χ4n) is 2.62. The van der Waals surface area contributed by atoms with Crippen LogP contribution in [0, 0.1) is 0 Å². The lowest BCUT2D eigenvalue weighted by Gasteiger charge is -2.16. The van der Waals surface area contributed by atoms with E-state index >= 15 is 0 Å². The molecule has 0 bridgehead atoms. The van der Waals surface area contributed by atoms with Crippen molar-refractivity contribution in [3.8, 4) is 0 Å². The second-order valence-corrected chi connectivity index (χ2v) is 6.37. The summed E-state index contributed by atoms with van der Waals surface area (Å²) in [6.45, 7) is -0.745. The number of aromatic nitrogens is 2. The largest absolute Gasteiger partial charge is 0.416 e. The van der Waals surface area contributed by atoms with Gasteiger partial charge in [-0.1, -0.05) is 24.3 Å². The molecule has 0 saturated carbocycles. The number of rotatable bonds is 6. The van der Waals surface area contributed by atoms with E-state index in [2.05, 4.69) is 20.6 Å². The fraction of sp³-hybridized carbons (Fsp3) is 0.200. The van der Waals surface area contributed by atoms with E-state index in [0.717, 1.165) is 12.1 Å². The summed E-state index contributed by atoms with van der Waals surface area (Å²) in [5.74, 6) is -1.39. The number of nitrogens with one attached hydrogen (secondary N) is 2. The monoisotopic (exact) mass is 418 g/mol. The smallest absolute Gasteiger partial charge is 0.394 e. The lowest BCUT2D eigenvalue weighted by atomic mass is 10.1. The highest BCUT2D eigenvalue weighted by atomic mass is 19.4. The number of nitrogens with zero attached hydrogens (tertiary/aromatic N) is 2. The van der Waals surface area contributed by atoms with Crippen molar-refractivity contribution < 1.29 is 27.9 Å². The third-order valence-corrected chi connectivity index (χ3v) is 4.23. The minimum absolute atomic E-state index is 0.0253. The molecule has 3 rings (SSSR count). The number of para-hydroxylation sites is 2. The Kier molecular flexibility index (Phi) is 6.26. The molecule has 3 N–H and O–H groups in total. The van der Waals surface area contributed by atoms with Gasteiger partial charge in [0, 0.05) is 6.54 Å². The molecule has 10 heteroatoms. The van der Waals surface area contributed by atoms with Crippen molar-refractivity contribution >= 4 is 22.8 Å². The van der Waals surface area contributed by atoms with Gasteiger partial charge in [0.25, 0.3) is 5.91 Å². The number of hydrogen-bond donors (Lipinski definition) is 3. The maximum Gasteiger partial charge on any atom is 0.416 e. The van der Waals surface area contributed by atoms with Gasteiger partial charge >= 0.3 is 6.18 Å². The van der Waals surface area contributed by atoms with Gasteiger partial charge in [-0.25, -0.2) is 4.98 Å². The molecule has 2 aromatic carbocycles. The first-order valence-corrected chi connectivity index (χ1v) is 8.85. The van der Waals surface area contributed by atoms with E-state index in [0.29, 0.717) is 16.6 Å². The van der Waals surface area contributed by atoms with Crippen LogP contribution in [0.5, 0.6) is 0 Å². The van der Waals surface area contributed by atoms with Gasteiger partial charge in [-0.3, -0.25) is 14.6 Å². The van der Waals surface area contributed by atoms with Crippen LogP contribution in [0.2, 0.25) is 0 Å². The van der Waals surface area contributed by atoms with E-state index in [4.69, 9.17) is 0 Å². The van der Waals surface area contributed by atoms with Crippen LogP contribution in [0.15, 0.2) is 54.7 Å². The number of hydrogen-bond acceptors (Lipinski definition) is 5. The van der Waals surface area contributed by atoms with Crippen LogP contribution in [0.25, 0.3) is 11.0 Å². The molecular formula is C20H17F3N4O3. The molecule has 0 aliphatic rings. The second-order valence-electron chi connectivity index (χ2n) is 6.37. The zero-order chi connectivity index (χ0) is 21.7. The number of alkyl halides is 3. The van der Waals surface area contributed by atoms with Crippen LogP contribution in [0.3, 0.4) is 0 Å². The van der Waals surface area contributed by atoms with Crippen LogP contribution in [0.1, 0.15) is 21.6 Å². The third-order valence-electron chi connectivity index (χ3n) is 4.23. The molecule has 156 valence electrons. The molecule has 1 atom stereocenters. The van der Waals surface area contributed by atoms with Gasteiger partial charge in [-0.05, 0) is 29.8 Å². The van der Waals surface area contributed by atoms with Gasteiger partial charge in [0.15, 0.2) is 0 Å². The summed E-state index contributed by atoms with van der Waals surface area (Å²) in [5, 5.41) is 14.3. The quantitative estimate of drug-likeness (QED) is 0.569. The number of halogens is 3. The predicted octanol–water partition coefficient (Wildman–Crippen LogP) is 2.06. The van der Waals surface area contributed by atoms with Gasteiger partial charge in [-0.2, -0.15) is 13.2 Å². The van der Waals surface area contributed by atoms with Crippen LogP contribution in [-0.2, 0) is 17.5 Å². The zero-order valence-corrected chi connectivity index (χ0v) is 15.5. The Balaban J connectivity index is 1.60. The summed E-state index contributed by atoms with van der Waals surface area (Å²) in [7, 11) is 0. The average molecular weight is 418 g/mol. The Bertz CT molecular complexity index is 1060. The highest BCUT2D eigenvalue weighted by molar-refractivity contribution is 5.97. The molecule has 1 aromatic heterocycles. The average Bonchev–Trinajstić information content (AvgIpc) is 2.75. The molecule has 0 aliphatic carbocycles. The third kappa shape index (κ3) is 5.09. The van der Waals surface area contributed by atoms with Crippen molar-refractivity contribution in [1.82, 2.24) is 20.6 Å². The molecule has 0 fully saturated rings. The normalized spacial score (nSPS) is 12.4. The summed E-state index contributed by atoms with van der Waals surface area (Å²) in [6, 6.07) is 9.95. The highest BCUT2D eigenvalue weighted by Gasteiger charge is 2.30. The fourth-order valence-corrected chi connectivity index (χ4v) is 2.62. The number of benzene rings is 2. The number of aliphatic hydroxyl groups is 1. The molecule has 0 aliphatic heterocycles. The standard InChI is InChI=1S/C20H17F3N4O3/c21-20(22,23)13-7-5-12(6-8-13)9-25-18(29)17(11-28)27-19(30)16-10-24-14-3-1-2-4-15(14)26-16/h1-8,10,17,28H,9,11H2,(H,25,29)(H,27,30). The lowest BCUT2D eigenvalue weighted by molar-refractivity contribution is -0.137. The number of fused-ring (bicyclic) bond motifs is 1. The van der Waals surface area contributed by atoms with E-state index in [-0.39, 0.29) is 12.2 Å². The van der Waals surface area contributed by atoms with Crippen molar-refractivity contribution in [1.29, 1.82) is 0 Å². The summed E-state index contributed by atoms with van der Waals surface area (Å²) in [4.78, 5) is 32.9. The minimum atomic E-state index is -4.44. The molecular weight excluding hydrogens is 401 g/mol. The van der Waals surface area contributed by atoms with Crippen LogP contribution < -0.4 is 10.6 Å². The number of amides is 2. The first kappa shape index (κ1) is 21.2.